The molecule has 130 valence electrons. The molecule has 2 N–H and O–H groups in total. The van der Waals surface area contributed by atoms with Crippen molar-refractivity contribution in [1.29, 1.82) is 0 Å². The first kappa shape index (κ1) is 18.1. The van der Waals surface area contributed by atoms with Crippen molar-refractivity contribution in [1.82, 2.24) is 5.32 Å². The first-order chi connectivity index (χ1) is 11.2. The van der Waals surface area contributed by atoms with Crippen molar-refractivity contribution in [3.8, 4) is 0 Å². The van der Waals surface area contributed by atoms with Gasteiger partial charge in [-0.2, -0.15) is 13.2 Å². The van der Waals surface area contributed by atoms with E-state index in [-0.39, 0.29) is 5.76 Å². The molecule has 0 radical (unpaired) electrons. The Labute approximate surface area is 137 Å². The summed E-state index contributed by atoms with van der Waals surface area (Å²) in [6.45, 7) is 3.47. The van der Waals surface area contributed by atoms with Gasteiger partial charge in [0.15, 0.2) is 5.76 Å². The average molecular weight is 341 g/mol. The molecule has 0 aliphatic carbocycles. The van der Waals surface area contributed by atoms with Crippen LogP contribution in [0, 0.1) is 6.92 Å². The van der Waals surface area contributed by atoms with Gasteiger partial charge in [-0.3, -0.25) is 4.79 Å². The maximum atomic E-state index is 12.6. The molecule has 1 aromatic heterocycles. The Bertz CT molecular complexity index is 692. The summed E-state index contributed by atoms with van der Waals surface area (Å²) in [5.41, 5.74) is 0.166. The normalized spacial score (nSPS) is 14.2. The number of hydrogen-bond donors (Lipinski definition) is 2. The largest absolute Gasteiger partial charge is 0.459 e. The smallest absolute Gasteiger partial charge is 0.416 e. The van der Waals surface area contributed by atoms with Gasteiger partial charge in [-0.15, -0.1) is 0 Å². The lowest BCUT2D eigenvalue weighted by Gasteiger charge is -2.23. The van der Waals surface area contributed by atoms with Crippen LogP contribution in [0.5, 0.6) is 0 Å². The van der Waals surface area contributed by atoms with Gasteiger partial charge in [-0.25, -0.2) is 0 Å². The Balaban J connectivity index is 2.12. The number of aliphatic hydroxyl groups excluding tert-OH is 1. The van der Waals surface area contributed by atoms with Gasteiger partial charge in [-0.05, 0) is 37.1 Å². The molecule has 0 bridgehead atoms. The first-order valence-electron chi connectivity index (χ1n) is 7.44. The summed E-state index contributed by atoms with van der Waals surface area (Å²) >= 11 is 0. The van der Waals surface area contributed by atoms with Gasteiger partial charge in [0.1, 0.15) is 0 Å². The number of carbonyl (C=O) groups is 1. The molecule has 0 aliphatic rings. The van der Waals surface area contributed by atoms with Crippen LogP contribution >= 0.6 is 0 Å². The summed E-state index contributed by atoms with van der Waals surface area (Å²) < 4.78 is 42.8. The van der Waals surface area contributed by atoms with Gasteiger partial charge in [0, 0.05) is 5.56 Å². The zero-order valence-electron chi connectivity index (χ0n) is 13.2. The number of carbonyl (C=O) groups excluding carboxylic acids is 1. The molecule has 2 aromatic rings. The second kappa shape index (κ2) is 7.09. The van der Waals surface area contributed by atoms with E-state index in [4.69, 9.17) is 4.42 Å². The van der Waals surface area contributed by atoms with Crippen LogP contribution in [0.4, 0.5) is 13.2 Å². The van der Waals surface area contributed by atoms with E-state index in [0.717, 1.165) is 12.1 Å². The fraction of sp³-hybridized carbons (Fsp3) is 0.353. The number of aliphatic hydroxyl groups is 1. The quantitative estimate of drug-likeness (QED) is 0.868. The predicted octanol–water partition coefficient (Wildman–Crippen LogP) is 3.85. The van der Waals surface area contributed by atoms with E-state index in [1.54, 1.807) is 19.9 Å². The maximum Gasteiger partial charge on any atom is 0.416 e. The third-order valence-corrected chi connectivity index (χ3v) is 3.79. The van der Waals surface area contributed by atoms with E-state index in [0.29, 0.717) is 17.5 Å². The number of amides is 1. The minimum absolute atomic E-state index is 0.146. The highest BCUT2D eigenvalue weighted by atomic mass is 19.4. The number of halogens is 3. The second-order valence-electron chi connectivity index (χ2n) is 5.49. The predicted molar refractivity (Wildman–Crippen MR) is 81.4 cm³/mol. The summed E-state index contributed by atoms with van der Waals surface area (Å²) in [5.74, 6) is -0.330. The van der Waals surface area contributed by atoms with Crippen molar-refractivity contribution in [3.63, 3.8) is 0 Å². The Morgan fingerprint density at radius 3 is 2.33 bits per heavy atom. The molecule has 7 heteroatoms. The van der Waals surface area contributed by atoms with Gasteiger partial charge in [0.05, 0.1) is 24.0 Å². The first-order valence-corrected chi connectivity index (χ1v) is 7.44. The second-order valence-corrected chi connectivity index (χ2v) is 5.49. The number of aryl methyl sites for hydroxylation is 1. The molecule has 0 aliphatic heterocycles. The van der Waals surface area contributed by atoms with Gasteiger partial charge >= 0.3 is 6.18 Å². The highest BCUT2D eigenvalue weighted by molar-refractivity contribution is 5.93. The van der Waals surface area contributed by atoms with Crippen LogP contribution in [0.2, 0.25) is 0 Å². The van der Waals surface area contributed by atoms with Crippen molar-refractivity contribution in [2.24, 2.45) is 0 Å². The van der Waals surface area contributed by atoms with Gasteiger partial charge in [0.25, 0.3) is 5.91 Å². The van der Waals surface area contributed by atoms with Crippen LogP contribution in [0.1, 0.15) is 46.7 Å². The summed E-state index contributed by atoms with van der Waals surface area (Å²) in [6.07, 6.45) is -3.78. The Morgan fingerprint density at radius 2 is 1.88 bits per heavy atom. The van der Waals surface area contributed by atoms with Gasteiger partial charge in [0.2, 0.25) is 0 Å². The minimum atomic E-state index is -4.43. The number of hydrogen-bond acceptors (Lipinski definition) is 3. The molecule has 1 aromatic carbocycles. The lowest BCUT2D eigenvalue weighted by atomic mass is 9.99. The summed E-state index contributed by atoms with van der Waals surface area (Å²) in [7, 11) is 0. The average Bonchev–Trinajstić information content (AvgIpc) is 2.97. The standard InChI is InChI=1S/C17H18F3NO3/c1-3-13(21-16(23)15-10(2)8-9-24-15)14(22)11-4-6-12(7-5-11)17(18,19)20/h4-9,13-14,22H,3H2,1-2H3,(H,21,23)/t13-,14-/m1/s1. The highest BCUT2D eigenvalue weighted by Crippen LogP contribution is 2.30. The van der Waals surface area contributed by atoms with E-state index in [2.05, 4.69) is 5.32 Å². The van der Waals surface area contributed by atoms with Crippen LogP contribution in [-0.2, 0) is 6.18 Å². The molecule has 0 saturated carbocycles. The molecule has 0 saturated heterocycles. The third kappa shape index (κ3) is 3.97. The molecule has 1 amide bonds. The topological polar surface area (TPSA) is 62.5 Å². The Morgan fingerprint density at radius 1 is 1.25 bits per heavy atom. The lowest BCUT2D eigenvalue weighted by Crippen LogP contribution is -2.39. The fourth-order valence-corrected chi connectivity index (χ4v) is 2.35. The van der Waals surface area contributed by atoms with E-state index in [1.807, 2.05) is 0 Å². The van der Waals surface area contributed by atoms with Crippen LogP contribution in [0.3, 0.4) is 0 Å². The van der Waals surface area contributed by atoms with Gasteiger partial charge in [-0.1, -0.05) is 19.1 Å². The van der Waals surface area contributed by atoms with Crippen molar-refractivity contribution in [3.05, 3.63) is 59.0 Å². The summed E-state index contributed by atoms with van der Waals surface area (Å²) in [6, 6.07) is 5.22. The van der Waals surface area contributed by atoms with Gasteiger partial charge < -0.3 is 14.8 Å². The number of alkyl halides is 3. The van der Waals surface area contributed by atoms with E-state index < -0.39 is 29.8 Å². The molecule has 2 rings (SSSR count). The number of rotatable bonds is 5. The van der Waals surface area contributed by atoms with Crippen LogP contribution in [0.15, 0.2) is 41.0 Å². The van der Waals surface area contributed by atoms with Crippen molar-refractivity contribution >= 4 is 5.91 Å². The Kier molecular flexibility index (Phi) is 5.33. The van der Waals surface area contributed by atoms with E-state index in [9.17, 15) is 23.1 Å². The molecular weight excluding hydrogens is 323 g/mol. The maximum absolute atomic E-state index is 12.6. The minimum Gasteiger partial charge on any atom is -0.459 e. The Hall–Kier alpha value is -2.28. The number of benzene rings is 1. The monoisotopic (exact) mass is 341 g/mol. The molecule has 0 spiro atoms. The third-order valence-electron chi connectivity index (χ3n) is 3.79. The van der Waals surface area contributed by atoms with Crippen molar-refractivity contribution in [2.45, 2.75) is 38.6 Å². The SMILES string of the molecule is CC[C@@H](NC(=O)c1occc1C)[C@H](O)c1ccc(C(F)(F)F)cc1. The van der Waals surface area contributed by atoms with E-state index >= 15 is 0 Å². The zero-order chi connectivity index (χ0) is 17.9. The molecule has 0 unspecified atom stereocenters. The molecule has 4 nitrogen and oxygen atoms in total. The molecule has 1 heterocycles. The highest BCUT2D eigenvalue weighted by Gasteiger charge is 2.31. The molecule has 0 fully saturated rings. The van der Waals surface area contributed by atoms with Crippen molar-refractivity contribution < 1.29 is 27.5 Å². The van der Waals surface area contributed by atoms with Crippen LogP contribution < -0.4 is 5.32 Å². The molecule has 24 heavy (non-hydrogen) atoms. The number of furan rings is 1. The summed E-state index contributed by atoms with van der Waals surface area (Å²) in [4.78, 5) is 12.2. The van der Waals surface area contributed by atoms with E-state index in [1.165, 1.54) is 18.4 Å². The molecule has 2 atom stereocenters. The van der Waals surface area contributed by atoms with Crippen molar-refractivity contribution in [2.75, 3.05) is 0 Å². The van der Waals surface area contributed by atoms with Crippen LogP contribution in [-0.4, -0.2) is 17.1 Å². The zero-order valence-corrected chi connectivity index (χ0v) is 13.2. The number of nitrogens with one attached hydrogen (secondary N) is 1. The summed E-state index contributed by atoms with van der Waals surface area (Å²) in [5, 5.41) is 13.0. The fourth-order valence-electron chi connectivity index (χ4n) is 2.35. The lowest BCUT2D eigenvalue weighted by molar-refractivity contribution is -0.137. The molecular formula is C17H18F3NO3. The van der Waals surface area contributed by atoms with Crippen LogP contribution in [0.25, 0.3) is 0 Å².